The maximum absolute atomic E-state index is 12.4. The van der Waals surface area contributed by atoms with Crippen molar-refractivity contribution in [2.45, 2.75) is 6.54 Å². The standard InChI is InChI=1S/C21H16N2O/c24-21-13-20(14-22-23(21)15-16-6-2-1-3-7-16)19-11-10-17-8-4-5-9-18(17)12-19/h1-14H,15H2. The molecule has 0 atom stereocenters. The van der Waals surface area contributed by atoms with Crippen LogP contribution in [-0.2, 0) is 6.54 Å². The van der Waals surface area contributed by atoms with Crippen LogP contribution in [0.15, 0.2) is 89.9 Å². The summed E-state index contributed by atoms with van der Waals surface area (Å²) in [5.74, 6) is 0. The van der Waals surface area contributed by atoms with E-state index in [4.69, 9.17) is 0 Å². The van der Waals surface area contributed by atoms with Crippen LogP contribution in [0, 0.1) is 0 Å². The zero-order valence-corrected chi connectivity index (χ0v) is 13.1. The van der Waals surface area contributed by atoms with Crippen LogP contribution in [0.2, 0.25) is 0 Å². The predicted octanol–water partition coefficient (Wildman–Crippen LogP) is 4.11. The van der Waals surface area contributed by atoms with Gasteiger partial charge in [0.1, 0.15) is 0 Å². The molecule has 4 rings (SSSR count). The molecule has 0 radical (unpaired) electrons. The van der Waals surface area contributed by atoms with Crippen LogP contribution in [0.4, 0.5) is 0 Å². The highest BCUT2D eigenvalue weighted by molar-refractivity contribution is 5.87. The molecule has 0 saturated carbocycles. The van der Waals surface area contributed by atoms with E-state index in [0.29, 0.717) is 6.54 Å². The molecule has 0 amide bonds. The number of fused-ring (bicyclic) bond motifs is 1. The SMILES string of the molecule is O=c1cc(-c2ccc3ccccc3c2)cnn1Cc1ccccc1. The number of aromatic nitrogens is 2. The second-order valence-electron chi connectivity index (χ2n) is 5.79. The number of benzene rings is 3. The molecule has 24 heavy (non-hydrogen) atoms. The third kappa shape index (κ3) is 2.84. The van der Waals surface area contributed by atoms with Crippen molar-refractivity contribution in [1.82, 2.24) is 9.78 Å². The molecule has 4 aromatic rings. The molecule has 0 aliphatic heterocycles. The Morgan fingerprint density at radius 3 is 2.29 bits per heavy atom. The van der Waals surface area contributed by atoms with Crippen molar-refractivity contribution in [3.05, 3.63) is 101 Å². The lowest BCUT2D eigenvalue weighted by Gasteiger charge is -2.07. The van der Waals surface area contributed by atoms with Gasteiger partial charge in [-0.15, -0.1) is 0 Å². The van der Waals surface area contributed by atoms with E-state index in [1.165, 1.54) is 10.1 Å². The summed E-state index contributed by atoms with van der Waals surface area (Å²) in [5.41, 5.74) is 2.82. The molecule has 0 unspecified atom stereocenters. The molecular formula is C21H16N2O. The van der Waals surface area contributed by atoms with Crippen molar-refractivity contribution in [1.29, 1.82) is 0 Å². The summed E-state index contributed by atoms with van der Waals surface area (Å²) in [4.78, 5) is 12.4. The summed E-state index contributed by atoms with van der Waals surface area (Å²) in [6.07, 6.45) is 1.76. The molecular weight excluding hydrogens is 296 g/mol. The molecule has 1 aromatic heterocycles. The van der Waals surface area contributed by atoms with Crippen LogP contribution < -0.4 is 5.56 Å². The molecule has 0 N–H and O–H groups in total. The van der Waals surface area contributed by atoms with Gasteiger partial charge in [-0.3, -0.25) is 4.79 Å². The Morgan fingerprint density at radius 2 is 1.50 bits per heavy atom. The summed E-state index contributed by atoms with van der Waals surface area (Å²) in [5, 5.41) is 6.68. The van der Waals surface area contributed by atoms with Crippen molar-refractivity contribution in [3.63, 3.8) is 0 Å². The summed E-state index contributed by atoms with van der Waals surface area (Å²) in [6.45, 7) is 0.484. The number of hydrogen-bond acceptors (Lipinski definition) is 2. The third-order valence-corrected chi connectivity index (χ3v) is 4.13. The molecule has 1 heterocycles. The fourth-order valence-electron chi connectivity index (χ4n) is 2.84. The minimum atomic E-state index is -0.0930. The first-order valence-electron chi connectivity index (χ1n) is 7.90. The lowest BCUT2D eigenvalue weighted by molar-refractivity contribution is 0.640. The molecule has 3 nitrogen and oxygen atoms in total. The summed E-state index contributed by atoms with van der Waals surface area (Å²) >= 11 is 0. The Hall–Kier alpha value is -3.20. The minimum absolute atomic E-state index is 0.0930. The van der Waals surface area contributed by atoms with Crippen molar-refractivity contribution in [2.24, 2.45) is 0 Å². The average Bonchev–Trinajstić information content (AvgIpc) is 2.64. The molecule has 0 spiro atoms. The lowest BCUT2D eigenvalue weighted by Crippen LogP contribution is -2.22. The van der Waals surface area contributed by atoms with E-state index in [9.17, 15) is 4.79 Å². The zero-order chi connectivity index (χ0) is 16.4. The van der Waals surface area contributed by atoms with Crippen LogP contribution in [0.5, 0.6) is 0 Å². The highest BCUT2D eigenvalue weighted by Crippen LogP contribution is 2.22. The topological polar surface area (TPSA) is 34.9 Å². The molecule has 116 valence electrons. The predicted molar refractivity (Wildman–Crippen MR) is 97.0 cm³/mol. The van der Waals surface area contributed by atoms with E-state index in [2.05, 4.69) is 29.4 Å². The second kappa shape index (κ2) is 6.13. The first-order valence-corrected chi connectivity index (χ1v) is 7.90. The third-order valence-electron chi connectivity index (χ3n) is 4.13. The van der Waals surface area contributed by atoms with E-state index >= 15 is 0 Å². The highest BCUT2D eigenvalue weighted by atomic mass is 16.1. The fourth-order valence-corrected chi connectivity index (χ4v) is 2.84. The number of rotatable bonds is 3. The van der Waals surface area contributed by atoms with Crippen molar-refractivity contribution in [2.75, 3.05) is 0 Å². The monoisotopic (exact) mass is 312 g/mol. The van der Waals surface area contributed by atoms with Gasteiger partial charge >= 0.3 is 0 Å². The quantitative estimate of drug-likeness (QED) is 0.570. The van der Waals surface area contributed by atoms with Gasteiger partial charge in [0.2, 0.25) is 0 Å². The fraction of sp³-hybridized carbons (Fsp3) is 0.0476. The van der Waals surface area contributed by atoms with Gasteiger partial charge in [-0.25, -0.2) is 4.68 Å². The van der Waals surface area contributed by atoms with Gasteiger partial charge in [0.25, 0.3) is 5.56 Å². The van der Waals surface area contributed by atoms with E-state index in [1.54, 1.807) is 12.3 Å². The van der Waals surface area contributed by atoms with E-state index in [0.717, 1.165) is 22.1 Å². The van der Waals surface area contributed by atoms with Gasteiger partial charge in [-0.05, 0) is 28.0 Å². The first-order chi connectivity index (χ1) is 11.8. The summed E-state index contributed by atoms with van der Waals surface area (Å²) in [6, 6.07) is 25.9. The van der Waals surface area contributed by atoms with Gasteiger partial charge in [0.15, 0.2) is 0 Å². The van der Waals surface area contributed by atoms with E-state index < -0.39 is 0 Å². The van der Waals surface area contributed by atoms with Gasteiger partial charge in [0.05, 0.1) is 12.7 Å². The van der Waals surface area contributed by atoms with Crippen molar-refractivity contribution >= 4 is 10.8 Å². The van der Waals surface area contributed by atoms with Crippen molar-refractivity contribution in [3.8, 4) is 11.1 Å². The van der Waals surface area contributed by atoms with E-state index in [1.807, 2.05) is 48.5 Å². The van der Waals surface area contributed by atoms with Crippen molar-refractivity contribution < 1.29 is 0 Å². The Kier molecular flexibility index (Phi) is 3.67. The molecule has 3 heteroatoms. The van der Waals surface area contributed by atoms with Crippen LogP contribution in [0.1, 0.15) is 5.56 Å². The maximum atomic E-state index is 12.4. The van der Waals surface area contributed by atoms with Gasteiger partial charge in [0, 0.05) is 11.6 Å². The van der Waals surface area contributed by atoms with Crippen LogP contribution >= 0.6 is 0 Å². The number of nitrogens with zero attached hydrogens (tertiary/aromatic N) is 2. The van der Waals surface area contributed by atoms with Gasteiger partial charge in [-0.1, -0.05) is 66.7 Å². The summed E-state index contributed by atoms with van der Waals surface area (Å²) in [7, 11) is 0. The molecule has 3 aromatic carbocycles. The molecule has 0 saturated heterocycles. The Balaban J connectivity index is 1.69. The van der Waals surface area contributed by atoms with Gasteiger partial charge in [-0.2, -0.15) is 5.10 Å². The second-order valence-corrected chi connectivity index (χ2v) is 5.79. The Labute approximate surface area is 139 Å². The Morgan fingerprint density at radius 1 is 0.750 bits per heavy atom. The van der Waals surface area contributed by atoms with Crippen LogP contribution in [-0.4, -0.2) is 9.78 Å². The smallest absolute Gasteiger partial charge is 0.267 e. The maximum Gasteiger partial charge on any atom is 0.267 e. The molecule has 0 aliphatic carbocycles. The van der Waals surface area contributed by atoms with Crippen LogP contribution in [0.25, 0.3) is 21.9 Å². The average molecular weight is 312 g/mol. The largest absolute Gasteiger partial charge is 0.268 e. The highest BCUT2D eigenvalue weighted by Gasteiger charge is 2.04. The molecule has 0 aliphatic rings. The first kappa shape index (κ1) is 14.4. The normalized spacial score (nSPS) is 10.8. The summed E-state index contributed by atoms with van der Waals surface area (Å²) < 4.78 is 1.49. The van der Waals surface area contributed by atoms with Gasteiger partial charge < -0.3 is 0 Å². The Bertz CT molecular complexity index is 1050. The molecule has 0 bridgehead atoms. The van der Waals surface area contributed by atoms with Crippen LogP contribution in [0.3, 0.4) is 0 Å². The minimum Gasteiger partial charge on any atom is -0.268 e. The number of hydrogen-bond donors (Lipinski definition) is 0. The zero-order valence-electron chi connectivity index (χ0n) is 13.1. The van der Waals surface area contributed by atoms with E-state index in [-0.39, 0.29) is 5.56 Å². The lowest BCUT2D eigenvalue weighted by atomic mass is 10.0. The molecule has 0 fully saturated rings.